The third-order valence-corrected chi connectivity index (χ3v) is 3.60. The van der Waals surface area contributed by atoms with Gasteiger partial charge in [0.1, 0.15) is 0 Å². The highest BCUT2D eigenvalue weighted by atomic mass is 32.2. The Morgan fingerprint density at radius 2 is 2.21 bits per heavy atom. The second-order valence-electron chi connectivity index (χ2n) is 3.89. The van der Waals surface area contributed by atoms with Gasteiger partial charge in [-0.05, 0) is 35.8 Å². The fourth-order valence-electron chi connectivity index (χ4n) is 1.48. The van der Waals surface area contributed by atoms with Gasteiger partial charge in [0, 0.05) is 4.90 Å². The van der Waals surface area contributed by atoms with Crippen LogP contribution in [-0.4, -0.2) is 10.9 Å². The van der Waals surface area contributed by atoms with Crippen LogP contribution in [0, 0.1) is 5.92 Å². The maximum atomic E-state index is 8.98. The molecule has 1 nitrogen and oxygen atoms in total. The molecule has 1 N–H and O–H groups in total. The normalized spacial score (nSPS) is 15.8. The lowest BCUT2D eigenvalue weighted by Gasteiger charge is -2.02. The zero-order valence-electron chi connectivity index (χ0n) is 8.28. The summed E-state index contributed by atoms with van der Waals surface area (Å²) < 4.78 is 0. The third kappa shape index (κ3) is 3.03. The van der Waals surface area contributed by atoms with Crippen LogP contribution in [0.4, 0.5) is 0 Å². The molecule has 0 atom stereocenters. The van der Waals surface area contributed by atoms with E-state index in [1.165, 1.54) is 29.9 Å². The lowest BCUT2D eigenvalue weighted by molar-refractivity contribution is 0.281. The minimum absolute atomic E-state index is 0.150. The van der Waals surface area contributed by atoms with Crippen molar-refractivity contribution >= 4 is 11.8 Å². The van der Waals surface area contributed by atoms with E-state index < -0.39 is 0 Å². The van der Waals surface area contributed by atoms with Crippen LogP contribution in [0.5, 0.6) is 0 Å². The van der Waals surface area contributed by atoms with E-state index >= 15 is 0 Å². The molecular weight excluding hydrogens is 192 g/mol. The molecule has 0 amide bonds. The Bertz CT molecular complexity index is 294. The molecule has 0 saturated heterocycles. The highest BCUT2D eigenvalue weighted by Crippen LogP contribution is 2.34. The lowest BCUT2D eigenvalue weighted by atomic mass is 10.2. The Balaban J connectivity index is 1.81. The molecule has 0 spiro atoms. The molecule has 2 heteroatoms. The number of benzene rings is 1. The van der Waals surface area contributed by atoms with Crippen LogP contribution in [0.3, 0.4) is 0 Å². The second kappa shape index (κ2) is 4.85. The molecular formula is C12H16OS. The molecule has 0 unspecified atom stereocenters. The van der Waals surface area contributed by atoms with E-state index in [0.29, 0.717) is 0 Å². The van der Waals surface area contributed by atoms with Crippen LogP contribution in [0.25, 0.3) is 0 Å². The summed E-state index contributed by atoms with van der Waals surface area (Å²) in [5.41, 5.74) is 1.02. The van der Waals surface area contributed by atoms with Crippen molar-refractivity contribution < 1.29 is 5.11 Å². The summed E-state index contributed by atoms with van der Waals surface area (Å²) in [5.74, 6) is 2.24. The first kappa shape index (κ1) is 10.1. The number of rotatable bonds is 5. The first-order valence-electron chi connectivity index (χ1n) is 5.21. The van der Waals surface area contributed by atoms with E-state index in [2.05, 4.69) is 12.1 Å². The van der Waals surface area contributed by atoms with Crippen LogP contribution < -0.4 is 0 Å². The fourth-order valence-corrected chi connectivity index (χ4v) is 2.58. The van der Waals surface area contributed by atoms with Gasteiger partial charge in [0.05, 0.1) is 6.61 Å². The topological polar surface area (TPSA) is 20.2 Å². The van der Waals surface area contributed by atoms with Crippen molar-refractivity contribution in [3.63, 3.8) is 0 Å². The Kier molecular flexibility index (Phi) is 3.49. The van der Waals surface area contributed by atoms with Gasteiger partial charge in [-0.15, -0.1) is 11.8 Å². The van der Waals surface area contributed by atoms with Crippen molar-refractivity contribution in [2.75, 3.05) is 5.75 Å². The van der Waals surface area contributed by atoms with E-state index in [1.807, 2.05) is 23.9 Å². The standard InChI is InChI=1S/C12H16OS/c13-9-11-2-1-3-12(8-11)14-7-6-10-4-5-10/h1-3,8,10,13H,4-7,9H2. The summed E-state index contributed by atoms with van der Waals surface area (Å²) in [4.78, 5) is 1.29. The van der Waals surface area contributed by atoms with Crippen molar-refractivity contribution in [2.24, 2.45) is 5.92 Å². The molecule has 1 aromatic rings. The first-order chi connectivity index (χ1) is 6.88. The predicted octanol–water partition coefficient (Wildman–Crippen LogP) is 3.07. The van der Waals surface area contributed by atoms with Crippen LogP contribution in [0.15, 0.2) is 29.2 Å². The molecule has 14 heavy (non-hydrogen) atoms. The van der Waals surface area contributed by atoms with Gasteiger partial charge in [-0.3, -0.25) is 0 Å². The zero-order valence-corrected chi connectivity index (χ0v) is 9.09. The van der Waals surface area contributed by atoms with Gasteiger partial charge in [-0.1, -0.05) is 25.0 Å². The SMILES string of the molecule is OCc1cccc(SCCC2CC2)c1. The van der Waals surface area contributed by atoms with Crippen molar-refractivity contribution in [1.29, 1.82) is 0 Å². The Hall–Kier alpha value is -0.470. The summed E-state index contributed by atoms with van der Waals surface area (Å²) in [6.45, 7) is 0.150. The molecule has 1 saturated carbocycles. The summed E-state index contributed by atoms with van der Waals surface area (Å²) in [6, 6.07) is 8.18. The van der Waals surface area contributed by atoms with Crippen LogP contribution in [0.1, 0.15) is 24.8 Å². The van der Waals surface area contributed by atoms with Crippen LogP contribution in [-0.2, 0) is 6.61 Å². The maximum Gasteiger partial charge on any atom is 0.0682 e. The predicted molar refractivity (Wildman–Crippen MR) is 60.4 cm³/mol. The van der Waals surface area contributed by atoms with E-state index in [9.17, 15) is 0 Å². The van der Waals surface area contributed by atoms with Crippen molar-refractivity contribution in [3.05, 3.63) is 29.8 Å². The average Bonchev–Trinajstić information content (AvgIpc) is 3.02. The number of aliphatic hydroxyl groups is 1. The Morgan fingerprint density at radius 3 is 2.93 bits per heavy atom. The first-order valence-corrected chi connectivity index (χ1v) is 6.19. The van der Waals surface area contributed by atoms with Crippen LogP contribution in [0.2, 0.25) is 0 Å². The van der Waals surface area contributed by atoms with Crippen molar-refractivity contribution in [3.8, 4) is 0 Å². The molecule has 0 aromatic heterocycles. The minimum Gasteiger partial charge on any atom is -0.392 e. The molecule has 1 aliphatic rings. The summed E-state index contributed by atoms with van der Waals surface area (Å²) >= 11 is 1.91. The maximum absolute atomic E-state index is 8.98. The van der Waals surface area contributed by atoms with E-state index in [1.54, 1.807) is 0 Å². The molecule has 1 aromatic carbocycles. The van der Waals surface area contributed by atoms with E-state index in [-0.39, 0.29) is 6.61 Å². The molecule has 1 fully saturated rings. The quantitative estimate of drug-likeness (QED) is 0.750. The highest BCUT2D eigenvalue weighted by molar-refractivity contribution is 7.99. The van der Waals surface area contributed by atoms with Gasteiger partial charge in [-0.2, -0.15) is 0 Å². The largest absolute Gasteiger partial charge is 0.392 e. The Morgan fingerprint density at radius 1 is 1.36 bits per heavy atom. The minimum atomic E-state index is 0.150. The smallest absolute Gasteiger partial charge is 0.0682 e. The zero-order chi connectivity index (χ0) is 9.80. The molecule has 0 heterocycles. The number of hydrogen-bond donors (Lipinski definition) is 1. The molecule has 0 aliphatic heterocycles. The van der Waals surface area contributed by atoms with E-state index in [0.717, 1.165) is 11.5 Å². The molecule has 1 aliphatic carbocycles. The summed E-state index contributed by atoms with van der Waals surface area (Å²) in [5, 5.41) is 8.98. The fraction of sp³-hybridized carbons (Fsp3) is 0.500. The lowest BCUT2D eigenvalue weighted by Crippen LogP contribution is -1.85. The molecule has 76 valence electrons. The number of hydrogen-bond acceptors (Lipinski definition) is 2. The van der Waals surface area contributed by atoms with Gasteiger partial charge < -0.3 is 5.11 Å². The van der Waals surface area contributed by atoms with Gasteiger partial charge >= 0.3 is 0 Å². The van der Waals surface area contributed by atoms with Gasteiger partial charge in [0.15, 0.2) is 0 Å². The van der Waals surface area contributed by atoms with Crippen LogP contribution >= 0.6 is 11.8 Å². The monoisotopic (exact) mass is 208 g/mol. The molecule has 0 radical (unpaired) electrons. The third-order valence-electron chi connectivity index (χ3n) is 2.57. The molecule has 2 rings (SSSR count). The van der Waals surface area contributed by atoms with E-state index in [4.69, 9.17) is 5.11 Å². The second-order valence-corrected chi connectivity index (χ2v) is 5.05. The van der Waals surface area contributed by atoms with Crippen molar-refractivity contribution in [1.82, 2.24) is 0 Å². The van der Waals surface area contributed by atoms with Crippen molar-refractivity contribution in [2.45, 2.75) is 30.8 Å². The number of aliphatic hydroxyl groups excluding tert-OH is 1. The highest BCUT2D eigenvalue weighted by Gasteiger charge is 2.20. The van der Waals surface area contributed by atoms with Gasteiger partial charge in [0.25, 0.3) is 0 Å². The summed E-state index contributed by atoms with van der Waals surface area (Å²) in [7, 11) is 0. The van der Waals surface area contributed by atoms with Gasteiger partial charge in [-0.25, -0.2) is 0 Å². The summed E-state index contributed by atoms with van der Waals surface area (Å²) in [6.07, 6.45) is 4.24. The average molecular weight is 208 g/mol. The number of thioether (sulfide) groups is 1. The van der Waals surface area contributed by atoms with Gasteiger partial charge in [0.2, 0.25) is 0 Å². The molecule has 0 bridgehead atoms. The Labute approximate surface area is 89.5 Å².